The lowest BCUT2D eigenvalue weighted by Crippen LogP contribution is -2.05. The summed E-state index contributed by atoms with van der Waals surface area (Å²) in [6, 6.07) is 0. The van der Waals surface area contributed by atoms with Crippen LogP contribution in [0.2, 0.25) is 0 Å². The van der Waals surface area contributed by atoms with Gasteiger partial charge >= 0.3 is 0 Å². The van der Waals surface area contributed by atoms with Gasteiger partial charge in [0.05, 0.1) is 3.72 Å². The van der Waals surface area contributed by atoms with Crippen LogP contribution in [0, 0.1) is 5.41 Å². The summed E-state index contributed by atoms with van der Waals surface area (Å²) in [6.45, 7) is 1.44. The first kappa shape index (κ1) is 11.2. The van der Waals surface area contributed by atoms with Gasteiger partial charge in [0.15, 0.2) is 5.82 Å². The summed E-state index contributed by atoms with van der Waals surface area (Å²) in [5, 5.41) is 9.81. The van der Waals surface area contributed by atoms with Crippen molar-refractivity contribution in [3.63, 3.8) is 0 Å². The van der Waals surface area contributed by atoms with Gasteiger partial charge in [0.2, 0.25) is 5.91 Å². The fourth-order valence-corrected chi connectivity index (χ4v) is 1.23. The van der Waals surface area contributed by atoms with Crippen molar-refractivity contribution in [2.24, 2.45) is 0 Å². The Labute approximate surface area is 95.3 Å². The van der Waals surface area contributed by atoms with Crippen LogP contribution in [-0.4, -0.2) is 19.6 Å². The Balaban J connectivity index is 2.50. The molecule has 5 nitrogen and oxygen atoms in total. The molecule has 0 radical (unpaired) electrons. The molecule has 0 atom stereocenters. The van der Waals surface area contributed by atoms with Crippen LogP contribution in [0.1, 0.15) is 19.2 Å². The van der Waals surface area contributed by atoms with Crippen LogP contribution in [0.25, 0.3) is 0 Å². The van der Waals surface area contributed by atoms with E-state index in [1.54, 1.807) is 6.20 Å². The first-order valence-electron chi connectivity index (χ1n) is 4.12. The molecule has 0 aliphatic heterocycles. The standard InChI is InChI=1S/C8H11IN4O/c1-5(14)12-8-4-11-7(13-8)3-2-6(9)10/h4,10H,2-3H2,1H3,(H,11,13)(H,12,14). The van der Waals surface area contributed by atoms with E-state index in [4.69, 9.17) is 5.41 Å². The number of carbonyl (C=O) groups is 1. The quantitative estimate of drug-likeness (QED) is 0.585. The van der Waals surface area contributed by atoms with Crippen LogP contribution in [0.4, 0.5) is 5.82 Å². The second-order valence-electron chi connectivity index (χ2n) is 2.82. The molecule has 3 N–H and O–H groups in total. The molecular formula is C8H11IN4O. The number of aromatic amines is 1. The zero-order valence-electron chi connectivity index (χ0n) is 7.72. The lowest BCUT2D eigenvalue weighted by Gasteiger charge is -1.94. The zero-order valence-corrected chi connectivity index (χ0v) is 9.88. The van der Waals surface area contributed by atoms with Crippen molar-refractivity contribution in [3.8, 4) is 0 Å². The predicted molar refractivity (Wildman–Crippen MR) is 63.0 cm³/mol. The Morgan fingerprint density at radius 2 is 2.50 bits per heavy atom. The maximum atomic E-state index is 10.7. The number of carbonyl (C=O) groups excluding carboxylic acids is 1. The highest BCUT2D eigenvalue weighted by Crippen LogP contribution is 2.06. The Morgan fingerprint density at radius 3 is 3.07 bits per heavy atom. The number of H-pyrrole nitrogens is 1. The van der Waals surface area contributed by atoms with Crippen LogP contribution >= 0.6 is 22.6 Å². The number of aromatic nitrogens is 2. The summed E-state index contributed by atoms with van der Waals surface area (Å²) in [5.74, 6) is 1.19. The fourth-order valence-electron chi connectivity index (χ4n) is 0.962. The van der Waals surface area contributed by atoms with Gasteiger partial charge in [0, 0.05) is 26.0 Å². The lowest BCUT2D eigenvalue weighted by atomic mass is 10.3. The maximum Gasteiger partial charge on any atom is 0.222 e. The number of anilines is 1. The number of hydrogen-bond donors (Lipinski definition) is 3. The van der Waals surface area contributed by atoms with Crippen LogP contribution in [0.5, 0.6) is 0 Å². The third-order valence-corrected chi connectivity index (χ3v) is 2.06. The number of rotatable bonds is 4. The molecule has 1 heterocycles. The van der Waals surface area contributed by atoms with Crippen LogP contribution in [-0.2, 0) is 11.2 Å². The van der Waals surface area contributed by atoms with Gasteiger partial charge < -0.3 is 10.3 Å². The van der Waals surface area contributed by atoms with Gasteiger partial charge in [-0.05, 0) is 22.6 Å². The number of nitrogens with zero attached hydrogens (tertiary/aromatic N) is 1. The van der Waals surface area contributed by atoms with E-state index in [0.717, 1.165) is 5.82 Å². The van der Waals surface area contributed by atoms with E-state index in [-0.39, 0.29) is 5.91 Å². The highest BCUT2D eigenvalue weighted by atomic mass is 127. The van der Waals surface area contributed by atoms with Gasteiger partial charge in [0.1, 0.15) is 5.82 Å². The second kappa shape index (κ2) is 5.08. The van der Waals surface area contributed by atoms with E-state index >= 15 is 0 Å². The molecule has 0 unspecified atom stereocenters. The molecule has 1 amide bonds. The van der Waals surface area contributed by atoms with Crippen molar-refractivity contribution >= 4 is 38.0 Å². The second-order valence-corrected chi connectivity index (χ2v) is 4.12. The van der Waals surface area contributed by atoms with Crippen molar-refractivity contribution in [3.05, 3.63) is 12.0 Å². The normalized spacial score (nSPS) is 9.86. The first-order valence-corrected chi connectivity index (χ1v) is 5.20. The van der Waals surface area contributed by atoms with Crippen molar-refractivity contribution in [1.82, 2.24) is 9.97 Å². The molecule has 0 aliphatic rings. The third kappa shape index (κ3) is 3.86. The minimum atomic E-state index is -0.135. The van der Waals surface area contributed by atoms with E-state index in [2.05, 4.69) is 15.3 Å². The topological polar surface area (TPSA) is 81.6 Å². The smallest absolute Gasteiger partial charge is 0.222 e. The average molecular weight is 306 g/mol. The Kier molecular flexibility index (Phi) is 4.05. The van der Waals surface area contributed by atoms with Crippen molar-refractivity contribution in [2.45, 2.75) is 19.8 Å². The summed E-state index contributed by atoms with van der Waals surface area (Å²) in [6.07, 6.45) is 3.02. The molecule has 0 saturated carbocycles. The van der Waals surface area contributed by atoms with Crippen molar-refractivity contribution in [2.75, 3.05) is 5.32 Å². The highest BCUT2D eigenvalue weighted by molar-refractivity contribution is 14.1. The van der Waals surface area contributed by atoms with Crippen molar-refractivity contribution < 1.29 is 4.79 Å². The predicted octanol–water partition coefficient (Wildman–Crippen LogP) is 1.71. The van der Waals surface area contributed by atoms with Crippen molar-refractivity contribution in [1.29, 1.82) is 5.41 Å². The molecule has 0 fully saturated rings. The lowest BCUT2D eigenvalue weighted by molar-refractivity contribution is -0.114. The molecule has 1 aromatic heterocycles. The highest BCUT2D eigenvalue weighted by Gasteiger charge is 2.02. The van der Waals surface area contributed by atoms with Gasteiger partial charge in [-0.15, -0.1) is 0 Å². The molecule has 14 heavy (non-hydrogen) atoms. The molecule has 1 aromatic rings. The SMILES string of the molecule is CC(=O)Nc1c[nH]c(CCC(=N)I)n1. The summed E-state index contributed by atoms with van der Waals surface area (Å²) < 4.78 is 0.597. The number of hydrogen-bond acceptors (Lipinski definition) is 3. The van der Waals surface area contributed by atoms with E-state index in [0.29, 0.717) is 22.4 Å². The molecule has 0 bridgehead atoms. The minimum Gasteiger partial charge on any atom is -0.347 e. The molecule has 0 aromatic carbocycles. The molecule has 0 spiro atoms. The number of halogens is 1. The summed E-state index contributed by atoms with van der Waals surface area (Å²) >= 11 is 1.97. The maximum absolute atomic E-state index is 10.7. The Bertz CT molecular complexity index is 347. The van der Waals surface area contributed by atoms with E-state index in [1.807, 2.05) is 22.6 Å². The molecular weight excluding hydrogens is 295 g/mol. The van der Waals surface area contributed by atoms with E-state index in [1.165, 1.54) is 6.92 Å². The van der Waals surface area contributed by atoms with Gasteiger partial charge in [-0.2, -0.15) is 0 Å². The molecule has 0 saturated heterocycles. The summed E-state index contributed by atoms with van der Waals surface area (Å²) in [5.41, 5.74) is 0. The minimum absolute atomic E-state index is 0.135. The summed E-state index contributed by atoms with van der Waals surface area (Å²) in [4.78, 5) is 17.8. The van der Waals surface area contributed by atoms with Crippen LogP contribution in [0.3, 0.4) is 0 Å². The molecule has 0 aliphatic carbocycles. The van der Waals surface area contributed by atoms with Gasteiger partial charge in [-0.1, -0.05) is 0 Å². The Morgan fingerprint density at radius 1 is 1.79 bits per heavy atom. The Hall–Kier alpha value is -0.920. The van der Waals surface area contributed by atoms with Gasteiger partial charge in [0.25, 0.3) is 0 Å². The average Bonchev–Trinajstić information content (AvgIpc) is 2.47. The zero-order chi connectivity index (χ0) is 10.6. The molecule has 76 valence electrons. The molecule has 6 heteroatoms. The largest absolute Gasteiger partial charge is 0.347 e. The van der Waals surface area contributed by atoms with E-state index < -0.39 is 0 Å². The third-order valence-electron chi connectivity index (χ3n) is 1.52. The number of amides is 1. The van der Waals surface area contributed by atoms with Gasteiger partial charge in [-0.25, -0.2) is 4.98 Å². The molecule has 1 rings (SSSR count). The van der Waals surface area contributed by atoms with Gasteiger partial charge in [-0.3, -0.25) is 10.2 Å². The van der Waals surface area contributed by atoms with Crippen LogP contribution in [0.15, 0.2) is 6.20 Å². The van der Waals surface area contributed by atoms with E-state index in [9.17, 15) is 4.79 Å². The summed E-state index contributed by atoms with van der Waals surface area (Å²) in [7, 11) is 0. The van der Waals surface area contributed by atoms with Crippen LogP contribution < -0.4 is 5.32 Å². The fraction of sp³-hybridized carbons (Fsp3) is 0.375. The number of imidazole rings is 1. The number of aryl methyl sites for hydroxylation is 1. The number of nitrogens with one attached hydrogen (secondary N) is 3. The first-order chi connectivity index (χ1) is 6.58. The monoisotopic (exact) mass is 306 g/mol.